The monoisotopic (exact) mass is 1510 g/mol. The van der Waals surface area contributed by atoms with Crippen molar-refractivity contribution in [1.29, 1.82) is 0 Å². The maximum absolute atomic E-state index is 2.75. The summed E-state index contributed by atoms with van der Waals surface area (Å²) in [7, 11) is 0. The first-order valence-electron chi connectivity index (χ1n) is 41.0. The molecule has 10 heteroatoms. The van der Waals surface area contributed by atoms with Crippen LogP contribution in [0.15, 0.2) is 267 Å². The van der Waals surface area contributed by atoms with Crippen LogP contribution in [0.4, 0.5) is 102 Å². The molecule has 0 N–H and O–H groups in total. The SMILES string of the molecule is Cc1ccccc1N(c1cc2c3c(c1)N(c1ccc4c(c1)C(C)(C)CCC4(C)C)c1c(sc4ccccc14)B3c1cc3c(cc1N2c1ccccc1)N(c1ccccc1)c1cc(N(c2ccccc2C)c2c(C)cccc2C)cc2c1B3c1sc3ccccc3c1N2c1ccc2c(c1)C(C)(C)CCC2(C)C)c1c(C)cccc1C. The third-order valence-corrected chi connectivity index (χ3v) is 29.4. The fourth-order valence-electron chi connectivity index (χ4n) is 21.0. The lowest BCUT2D eigenvalue weighted by Crippen LogP contribution is -2.64. The van der Waals surface area contributed by atoms with Gasteiger partial charge in [0.15, 0.2) is 0 Å². The summed E-state index contributed by atoms with van der Waals surface area (Å²) in [5.41, 5.74) is 39.3. The quantitative estimate of drug-likeness (QED) is 0.126. The Morgan fingerprint density at radius 3 is 1.01 bits per heavy atom. The van der Waals surface area contributed by atoms with E-state index in [0.717, 1.165) is 82.6 Å². The van der Waals surface area contributed by atoms with Crippen LogP contribution in [0.5, 0.6) is 0 Å². The summed E-state index contributed by atoms with van der Waals surface area (Å²) < 4.78 is 5.28. The number of anilines is 18. The molecule has 0 bridgehead atoms. The molecule has 15 aromatic rings. The summed E-state index contributed by atoms with van der Waals surface area (Å²) >= 11 is 3.98. The summed E-state index contributed by atoms with van der Waals surface area (Å²) in [6.07, 6.45) is 4.52. The Hall–Kier alpha value is -11.3. The molecule has 21 rings (SSSR count). The summed E-state index contributed by atoms with van der Waals surface area (Å²) in [5, 5.41) is 2.54. The molecule has 0 spiro atoms. The average molecular weight is 1510 g/mol. The second kappa shape index (κ2) is 25.6. The number of rotatable bonds is 10. The largest absolute Gasteiger partial charge is 0.311 e. The standard InChI is InChI=1S/C104H94B2N6S2/c1-63-31-21-25-43-83(63)111(95-65(3)33-29-34-66(95)4)73-57-87-93-89(59-73)109(71-47-49-77-79(55-71)103(11,12)53-51-101(77,7)8)97-75-41-23-27-45-91(75)113-99(97)105(93)81-61-82-86(62-85(81)107(87)69-37-17-15-18-38-69)108(70-39-19-16-20-40-70)88-58-74(112(84-44-26-22-32-64(84)2)96-67(5)35-30-36-68(96)6)60-90-94(88)106(82)100-98(76-42-24-28-46-92(76)114-100)110(90)72-48-50-78-80(56-72)104(13,14)54-52-102(78,9)10/h15-50,55-62H,51-54H2,1-14H3. The van der Waals surface area contributed by atoms with E-state index in [1.807, 2.05) is 22.7 Å². The summed E-state index contributed by atoms with van der Waals surface area (Å²) in [6, 6.07) is 104. The number of nitrogens with zero attached hydrogens (tertiary/aromatic N) is 6. The molecule has 2 aromatic heterocycles. The summed E-state index contributed by atoms with van der Waals surface area (Å²) in [5.74, 6) is 0. The van der Waals surface area contributed by atoms with Crippen molar-refractivity contribution in [3.63, 3.8) is 0 Å². The van der Waals surface area contributed by atoms with E-state index in [4.69, 9.17) is 0 Å². The first kappa shape index (κ1) is 70.6. The van der Waals surface area contributed by atoms with Crippen LogP contribution < -0.4 is 60.8 Å². The lowest BCUT2D eigenvalue weighted by molar-refractivity contribution is 0.332. The van der Waals surface area contributed by atoms with Crippen molar-refractivity contribution in [3.8, 4) is 0 Å². The molecular formula is C104H94B2N6S2. The van der Waals surface area contributed by atoms with Crippen LogP contribution in [-0.4, -0.2) is 13.4 Å². The molecule has 0 fully saturated rings. The maximum Gasteiger partial charge on any atom is 0.264 e. The van der Waals surface area contributed by atoms with Crippen LogP contribution in [0.1, 0.15) is 137 Å². The van der Waals surface area contributed by atoms with E-state index in [2.05, 4.69) is 393 Å². The second-order valence-corrected chi connectivity index (χ2v) is 38.2. The van der Waals surface area contributed by atoms with Crippen molar-refractivity contribution >= 4 is 190 Å². The van der Waals surface area contributed by atoms with Gasteiger partial charge in [-0.05, 0) is 269 Å². The molecule has 0 atom stereocenters. The molecule has 558 valence electrons. The van der Waals surface area contributed by atoms with Crippen molar-refractivity contribution < 1.29 is 0 Å². The molecule has 0 amide bonds. The van der Waals surface area contributed by atoms with Crippen LogP contribution >= 0.6 is 22.7 Å². The zero-order valence-electron chi connectivity index (χ0n) is 67.9. The Morgan fingerprint density at radius 2 is 0.623 bits per heavy atom. The van der Waals surface area contributed by atoms with Crippen LogP contribution in [0, 0.1) is 41.5 Å². The number of benzene rings is 13. The van der Waals surface area contributed by atoms with Gasteiger partial charge in [-0.2, -0.15) is 0 Å². The minimum atomic E-state index is -0.202. The smallest absolute Gasteiger partial charge is 0.264 e. The maximum atomic E-state index is 2.75. The first-order valence-corrected chi connectivity index (χ1v) is 42.7. The molecule has 114 heavy (non-hydrogen) atoms. The number of hydrogen-bond acceptors (Lipinski definition) is 8. The molecule has 6 nitrogen and oxygen atoms in total. The van der Waals surface area contributed by atoms with E-state index in [9.17, 15) is 0 Å². The second-order valence-electron chi connectivity index (χ2n) is 36.0. The summed E-state index contributed by atoms with van der Waals surface area (Å²) in [6.45, 7) is 33.1. The highest BCUT2D eigenvalue weighted by Crippen LogP contribution is 2.58. The zero-order chi connectivity index (χ0) is 77.9. The van der Waals surface area contributed by atoms with Gasteiger partial charge in [-0.25, -0.2) is 0 Å². The van der Waals surface area contributed by atoms with Gasteiger partial charge in [0.05, 0.1) is 34.1 Å². The predicted molar refractivity (Wildman–Crippen MR) is 494 cm³/mol. The Morgan fingerprint density at radius 1 is 0.289 bits per heavy atom. The van der Waals surface area contributed by atoms with Gasteiger partial charge in [0.2, 0.25) is 0 Å². The Bertz CT molecular complexity index is 6110. The molecule has 0 radical (unpaired) electrons. The van der Waals surface area contributed by atoms with Gasteiger partial charge in [0.25, 0.3) is 13.4 Å². The molecule has 6 heterocycles. The molecule has 6 aliphatic rings. The summed E-state index contributed by atoms with van der Waals surface area (Å²) in [4.78, 5) is 16.0. The van der Waals surface area contributed by atoms with Crippen molar-refractivity contribution in [2.75, 3.05) is 29.4 Å². The van der Waals surface area contributed by atoms with E-state index in [0.29, 0.717) is 0 Å². The highest BCUT2D eigenvalue weighted by atomic mass is 32.1. The number of aryl methyl sites for hydroxylation is 6. The fourth-order valence-corrected chi connectivity index (χ4v) is 23.6. The number of thiophene rings is 2. The van der Waals surface area contributed by atoms with E-state index in [-0.39, 0.29) is 35.1 Å². The normalized spacial score (nSPS) is 16.0. The molecule has 0 saturated carbocycles. The third-order valence-electron chi connectivity index (χ3n) is 27.0. The minimum Gasteiger partial charge on any atom is -0.311 e. The highest BCUT2D eigenvalue weighted by molar-refractivity contribution is 7.35. The van der Waals surface area contributed by atoms with Crippen molar-refractivity contribution in [1.82, 2.24) is 0 Å². The molecule has 2 aliphatic carbocycles. The Balaban J connectivity index is 0.914. The van der Waals surface area contributed by atoms with E-state index >= 15 is 0 Å². The fraction of sp³-hybridized carbons (Fsp3) is 0.212. The molecular weight excluding hydrogens is 1420 g/mol. The average Bonchev–Trinajstić information content (AvgIpc) is 1.22. The van der Waals surface area contributed by atoms with Gasteiger partial charge in [-0.15, -0.1) is 22.7 Å². The topological polar surface area (TPSA) is 19.4 Å². The van der Waals surface area contributed by atoms with Gasteiger partial charge >= 0.3 is 0 Å². The van der Waals surface area contributed by atoms with Gasteiger partial charge in [-0.3, -0.25) is 0 Å². The minimum absolute atomic E-state index is 0.0266. The van der Waals surface area contributed by atoms with Crippen LogP contribution in [0.2, 0.25) is 0 Å². The van der Waals surface area contributed by atoms with E-state index in [1.54, 1.807) is 0 Å². The lowest BCUT2D eigenvalue weighted by Gasteiger charge is -2.47. The first-order chi connectivity index (χ1) is 55.0. The van der Waals surface area contributed by atoms with Crippen molar-refractivity contribution in [2.24, 2.45) is 0 Å². The van der Waals surface area contributed by atoms with Gasteiger partial charge in [-0.1, -0.05) is 219 Å². The zero-order valence-corrected chi connectivity index (χ0v) is 69.5. The van der Waals surface area contributed by atoms with Gasteiger partial charge in [0.1, 0.15) is 0 Å². The predicted octanol–water partition coefficient (Wildman–Crippen LogP) is 25.8. The number of fused-ring (bicyclic) bond motifs is 14. The Labute approximate surface area is 681 Å². The van der Waals surface area contributed by atoms with Crippen LogP contribution in [0.3, 0.4) is 0 Å². The highest BCUT2D eigenvalue weighted by Gasteiger charge is 2.52. The van der Waals surface area contributed by atoms with Crippen LogP contribution in [0.25, 0.3) is 20.2 Å². The molecule has 0 saturated heterocycles. The van der Waals surface area contributed by atoms with E-state index < -0.39 is 0 Å². The number of hydrogen-bond donors (Lipinski definition) is 0. The van der Waals surface area contributed by atoms with Crippen LogP contribution in [-0.2, 0) is 21.7 Å². The van der Waals surface area contributed by atoms with Crippen molar-refractivity contribution in [2.45, 2.75) is 144 Å². The third kappa shape index (κ3) is 10.5. The molecule has 13 aromatic carbocycles. The van der Waals surface area contributed by atoms with Gasteiger partial charge in [0, 0.05) is 98.0 Å². The lowest BCUT2D eigenvalue weighted by atomic mass is 9.32. The molecule has 4 aliphatic heterocycles. The Kier molecular flexibility index (Phi) is 15.9. The van der Waals surface area contributed by atoms with Crippen molar-refractivity contribution in [3.05, 3.63) is 323 Å². The van der Waals surface area contributed by atoms with Gasteiger partial charge < -0.3 is 29.4 Å². The molecule has 0 unspecified atom stereocenters. The number of para-hydroxylation sites is 6. The van der Waals surface area contributed by atoms with E-state index in [1.165, 1.54) is 153 Å².